The Morgan fingerprint density at radius 3 is 2.53 bits per heavy atom. The van der Waals surface area contributed by atoms with Crippen molar-refractivity contribution in [2.75, 3.05) is 32.6 Å². The standard InChI is InChI=1S/C35H36FN7O2/c1-35(2,3)16-33(44)39-25-11-23(17-37-18-25)21-6-7-30-28(13-21)34(42-41-30)31-15-27-29(19-38-20-32(27)40-31)22-10-24(36)14-26(12-22)45-9-8-43(4)5/h6-7,10-15,17-20,40H,8-9,16H2,1-5H3,(H,39,44)(H,41,42). The van der Waals surface area contributed by atoms with Crippen LogP contribution in [0.15, 0.2) is 73.3 Å². The minimum Gasteiger partial charge on any atom is -0.492 e. The number of carbonyl (C=O) groups is 1. The van der Waals surface area contributed by atoms with Gasteiger partial charge in [-0.1, -0.05) is 26.8 Å². The third kappa shape index (κ3) is 6.86. The maximum Gasteiger partial charge on any atom is 0.224 e. The van der Waals surface area contributed by atoms with Crippen LogP contribution in [0.2, 0.25) is 0 Å². The number of benzene rings is 2. The maximum absolute atomic E-state index is 14.7. The van der Waals surface area contributed by atoms with Gasteiger partial charge in [0.25, 0.3) is 0 Å². The lowest BCUT2D eigenvalue weighted by Crippen LogP contribution is -2.19. The van der Waals surface area contributed by atoms with E-state index in [0.717, 1.165) is 56.4 Å². The first-order valence-electron chi connectivity index (χ1n) is 14.8. The van der Waals surface area contributed by atoms with E-state index in [2.05, 4.69) is 36.5 Å². The molecule has 45 heavy (non-hydrogen) atoms. The second-order valence-corrected chi connectivity index (χ2v) is 12.7. The zero-order chi connectivity index (χ0) is 31.7. The third-order valence-electron chi connectivity index (χ3n) is 7.40. The Hall–Kier alpha value is -5.09. The molecular formula is C35H36FN7O2. The lowest BCUT2D eigenvalue weighted by atomic mass is 9.92. The molecule has 0 atom stereocenters. The number of aromatic amines is 2. The SMILES string of the molecule is CN(C)CCOc1cc(F)cc(-c2cncc3[nH]c(-c4n[nH]c5ccc(-c6cncc(NC(=O)CC(C)(C)C)c6)cc45)cc23)c1. The molecule has 0 spiro atoms. The van der Waals surface area contributed by atoms with Crippen LogP contribution in [0.25, 0.3) is 55.4 Å². The summed E-state index contributed by atoms with van der Waals surface area (Å²) >= 11 is 0. The molecular weight excluding hydrogens is 569 g/mol. The molecule has 0 unspecified atom stereocenters. The van der Waals surface area contributed by atoms with E-state index in [4.69, 9.17) is 4.74 Å². The highest BCUT2D eigenvalue weighted by atomic mass is 19.1. The molecule has 6 aromatic rings. The quantitative estimate of drug-likeness (QED) is 0.160. The molecule has 0 radical (unpaired) electrons. The van der Waals surface area contributed by atoms with Gasteiger partial charge in [-0.3, -0.25) is 19.9 Å². The van der Waals surface area contributed by atoms with Crippen molar-refractivity contribution in [2.24, 2.45) is 5.41 Å². The van der Waals surface area contributed by atoms with Gasteiger partial charge in [0.2, 0.25) is 5.91 Å². The van der Waals surface area contributed by atoms with Gasteiger partial charge in [0.15, 0.2) is 0 Å². The number of anilines is 1. The number of halogens is 1. The van der Waals surface area contributed by atoms with Crippen LogP contribution in [0.5, 0.6) is 5.75 Å². The molecule has 0 aliphatic rings. The first-order chi connectivity index (χ1) is 21.5. The monoisotopic (exact) mass is 605 g/mol. The fraction of sp³-hybridized carbons (Fsp3) is 0.257. The lowest BCUT2D eigenvalue weighted by molar-refractivity contribution is -0.117. The highest BCUT2D eigenvalue weighted by Gasteiger charge is 2.18. The van der Waals surface area contributed by atoms with Crippen LogP contribution >= 0.6 is 0 Å². The third-order valence-corrected chi connectivity index (χ3v) is 7.40. The predicted molar refractivity (Wildman–Crippen MR) is 177 cm³/mol. The van der Waals surface area contributed by atoms with Crippen molar-refractivity contribution >= 4 is 33.4 Å². The molecule has 3 N–H and O–H groups in total. The van der Waals surface area contributed by atoms with E-state index in [9.17, 15) is 9.18 Å². The van der Waals surface area contributed by atoms with Gasteiger partial charge in [-0.25, -0.2) is 4.39 Å². The zero-order valence-corrected chi connectivity index (χ0v) is 26.0. The minimum absolute atomic E-state index is 0.0481. The molecule has 0 aliphatic heterocycles. The Morgan fingerprint density at radius 2 is 1.73 bits per heavy atom. The summed E-state index contributed by atoms with van der Waals surface area (Å²) < 4.78 is 20.5. The van der Waals surface area contributed by atoms with Crippen LogP contribution in [-0.4, -0.2) is 63.2 Å². The first kappa shape index (κ1) is 30.0. The van der Waals surface area contributed by atoms with E-state index in [1.165, 1.54) is 12.1 Å². The normalized spacial score (nSPS) is 11.9. The minimum atomic E-state index is -0.377. The van der Waals surface area contributed by atoms with Crippen LogP contribution < -0.4 is 10.1 Å². The number of fused-ring (bicyclic) bond motifs is 2. The molecule has 4 aromatic heterocycles. The Kier molecular flexibility index (Phi) is 8.07. The van der Waals surface area contributed by atoms with Gasteiger partial charge in [0.05, 0.1) is 34.8 Å². The molecule has 4 heterocycles. The largest absolute Gasteiger partial charge is 0.492 e. The summed E-state index contributed by atoms with van der Waals surface area (Å²) in [6.45, 7) is 7.27. The highest BCUT2D eigenvalue weighted by molar-refractivity contribution is 6.01. The molecule has 2 aromatic carbocycles. The van der Waals surface area contributed by atoms with Crippen LogP contribution in [0, 0.1) is 11.2 Å². The van der Waals surface area contributed by atoms with Gasteiger partial charge in [-0.15, -0.1) is 0 Å². The molecule has 0 saturated carbocycles. The molecule has 10 heteroatoms. The van der Waals surface area contributed by atoms with Crippen molar-refractivity contribution in [3.05, 3.63) is 79.1 Å². The number of likely N-dealkylation sites (N-methyl/N-ethyl adjacent to an activating group) is 1. The summed E-state index contributed by atoms with van der Waals surface area (Å²) in [5.74, 6) is 0.0454. The molecule has 0 saturated heterocycles. The fourth-order valence-electron chi connectivity index (χ4n) is 5.31. The van der Waals surface area contributed by atoms with E-state index < -0.39 is 0 Å². The van der Waals surface area contributed by atoms with Crippen molar-refractivity contribution in [2.45, 2.75) is 27.2 Å². The number of hydrogen-bond donors (Lipinski definition) is 3. The van der Waals surface area contributed by atoms with Crippen molar-refractivity contribution < 1.29 is 13.9 Å². The number of pyridine rings is 2. The Bertz CT molecular complexity index is 2010. The topological polar surface area (TPSA) is 112 Å². The number of rotatable bonds is 9. The Morgan fingerprint density at radius 1 is 0.911 bits per heavy atom. The van der Waals surface area contributed by atoms with Crippen molar-refractivity contribution in [1.82, 2.24) is 30.0 Å². The maximum atomic E-state index is 14.7. The number of amides is 1. The molecule has 1 amide bonds. The van der Waals surface area contributed by atoms with Gasteiger partial charge >= 0.3 is 0 Å². The Balaban J connectivity index is 1.33. The lowest BCUT2D eigenvalue weighted by Gasteiger charge is -2.17. The molecule has 0 bridgehead atoms. The van der Waals surface area contributed by atoms with E-state index >= 15 is 0 Å². The second-order valence-electron chi connectivity index (χ2n) is 12.7. The number of nitrogens with one attached hydrogen (secondary N) is 3. The van der Waals surface area contributed by atoms with Gasteiger partial charge in [0, 0.05) is 53.3 Å². The van der Waals surface area contributed by atoms with Crippen molar-refractivity contribution in [3.63, 3.8) is 0 Å². The second kappa shape index (κ2) is 12.1. The van der Waals surface area contributed by atoms with E-state index in [1.54, 1.807) is 24.8 Å². The van der Waals surface area contributed by atoms with Crippen LogP contribution in [0.4, 0.5) is 10.1 Å². The number of H-pyrrole nitrogens is 2. The molecule has 9 nitrogen and oxygen atoms in total. The fourth-order valence-corrected chi connectivity index (χ4v) is 5.31. The molecule has 230 valence electrons. The van der Waals surface area contributed by atoms with Crippen molar-refractivity contribution in [1.29, 1.82) is 0 Å². The van der Waals surface area contributed by atoms with Gasteiger partial charge in [-0.05, 0) is 67.0 Å². The first-order valence-corrected chi connectivity index (χ1v) is 14.8. The summed E-state index contributed by atoms with van der Waals surface area (Å²) in [5.41, 5.74) is 7.01. The van der Waals surface area contributed by atoms with E-state index in [1.807, 2.05) is 70.1 Å². The number of aromatic nitrogens is 5. The number of nitrogens with zero attached hydrogens (tertiary/aromatic N) is 4. The van der Waals surface area contributed by atoms with Crippen LogP contribution in [-0.2, 0) is 4.79 Å². The van der Waals surface area contributed by atoms with Gasteiger partial charge in [0.1, 0.15) is 23.9 Å². The zero-order valence-electron chi connectivity index (χ0n) is 26.0. The van der Waals surface area contributed by atoms with Crippen LogP contribution in [0.1, 0.15) is 27.2 Å². The van der Waals surface area contributed by atoms with E-state index in [0.29, 0.717) is 30.0 Å². The number of carbonyl (C=O) groups excluding carboxylic acids is 1. The summed E-state index contributed by atoms with van der Waals surface area (Å²) in [7, 11) is 3.93. The summed E-state index contributed by atoms with van der Waals surface area (Å²) in [5, 5.41) is 12.5. The molecule has 0 fully saturated rings. The van der Waals surface area contributed by atoms with E-state index in [-0.39, 0.29) is 17.1 Å². The smallest absolute Gasteiger partial charge is 0.224 e. The highest BCUT2D eigenvalue weighted by Crippen LogP contribution is 2.36. The van der Waals surface area contributed by atoms with Gasteiger partial charge in [-0.2, -0.15) is 5.10 Å². The average molecular weight is 606 g/mol. The summed E-state index contributed by atoms with van der Waals surface area (Å²) in [6, 6.07) is 14.7. The predicted octanol–water partition coefficient (Wildman–Crippen LogP) is 7.29. The average Bonchev–Trinajstić information content (AvgIpc) is 3.59. The molecule has 6 rings (SSSR count). The summed E-state index contributed by atoms with van der Waals surface area (Å²) in [6.07, 6.45) is 7.33. The van der Waals surface area contributed by atoms with Gasteiger partial charge < -0.3 is 19.9 Å². The number of ether oxygens (including phenoxy) is 1. The van der Waals surface area contributed by atoms with Crippen LogP contribution in [0.3, 0.4) is 0 Å². The molecule has 0 aliphatic carbocycles. The Labute approximate surface area is 260 Å². The number of hydrogen-bond acceptors (Lipinski definition) is 6. The summed E-state index contributed by atoms with van der Waals surface area (Å²) in [4.78, 5) is 26.8. The van der Waals surface area contributed by atoms with Crippen molar-refractivity contribution in [3.8, 4) is 39.4 Å².